The van der Waals surface area contributed by atoms with Crippen molar-refractivity contribution < 1.29 is 27.5 Å². The minimum absolute atomic E-state index is 0.153. The molecule has 0 spiro atoms. The van der Waals surface area contributed by atoms with E-state index in [4.69, 9.17) is 9.47 Å². The van der Waals surface area contributed by atoms with Crippen LogP contribution in [-0.2, 0) is 26.2 Å². The number of methoxy groups -OCH3 is 2. The number of hydrogen-bond acceptors (Lipinski definition) is 6. The zero-order valence-electron chi connectivity index (χ0n) is 21.9. The van der Waals surface area contributed by atoms with Gasteiger partial charge in [-0.15, -0.1) is 0 Å². The summed E-state index contributed by atoms with van der Waals surface area (Å²) in [6.07, 6.45) is 1.39. The van der Waals surface area contributed by atoms with E-state index in [1.54, 1.807) is 12.1 Å². The summed E-state index contributed by atoms with van der Waals surface area (Å²) in [5.41, 5.74) is 0.996. The van der Waals surface area contributed by atoms with Gasteiger partial charge < -0.3 is 19.7 Å². The van der Waals surface area contributed by atoms with E-state index in [0.717, 1.165) is 16.1 Å². The fraction of sp³-hybridized carbons (Fsp3) is 0.462. The summed E-state index contributed by atoms with van der Waals surface area (Å²) < 4.78 is 37.3. The highest BCUT2D eigenvalue weighted by molar-refractivity contribution is 7.92. The average Bonchev–Trinajstić information content (AvgIpc) is 2.85. The maximum atomic E-state index is 13.7. The number of hydrogen-bond donors (Lipinski definition) is 1. The molecule has 9 nitrogen and oxygen atoms in total. The number of nitrogens with one attached hydrogen (secondary N) is 1. The summed E-state index contributed by atoms with van der Waals surface area (Å²) in [5, 5.41) is 2.90. The topological polar surface area (TPSA) is 105 Å². The number of ether oxygens (including phenoxy) is 2. The number of rotatable bonds is 13. The highest BCUT2D eigenvalue weighted by Gasteiger charge is 2.32. The lowest BCUT2D eigenvalue weighted by Gasteiger charge is -2.33. The van der Waals surface area contributed by atoms with E-state index in [-0.39, 0.29) is 29.8 Å². The molecule has 36 heavy (non-hydrogen) atoms. The van der Waals surface area contributed by atoms with E-state index in [1.165, 1.54) is 25.2 Å². The standard InChI is InChI=1S/C26H37N3O6S/c1-7-22(26(31)27-16-19(2)3)28(17-20-11-9-8-10-12-20)25(30)18-29(36(6,32)33)23-15-21(34-4)13-14-24(23)35-5/h8-15,19,22H,7,16-18H2,1-6H3,(H,27,31)/t22-/m1/s1. The van der Waals surface area contributed by atoms with Gasteiger partial charge in [0.05, 0.1) is 26.2 Å². The first kappa shape index (κ1) is 29.0. The van der Waals surface area contributed by atoms with Gasteiger partial charge >= 0.3 is 0 Å². The van der Waals surface area contributed by atoms with Crippen molar-refractivity contribution in [2.75, 3.05) is 37.9 Å². The molecule has 0 saturated carbocycles. The molecule has 0 saturated heterocycles. The van der Waals surface area contributed by atoms with E-state index in [2.05, 4.69) is 5.32 Å². The first-order chi connectivity index (χ1) is 17.0. The zero-order chi connectivity index (χ0) is 26.9. The molecule has 0 aromatic heterocycles. The Bertz CT molecular complexity index is 1120. The van der Waals surface area contributed by atoms with Gasteiger partial charge in [0.1, 0.15) is 24.1 Å². The molecule has 0 aliphatic carbocycles. The number of amides is 2. The van der Waals surface area contributed by atoms with Crippen LogP contribution in [0.25, 0.3) is 0 Å². The lowest BCUT2D eigenvalue weighted by molar-refractivity contribution is -0.140. The summed E-state index contributed by atoms with van der Waals surface area (Å²) in [7, 11) is -1.02. The van der Waals surface area contributed by atoms with Gasteiger partial charge in [0.25, 0.3) is 0 Å². The van der Waals surface area contributed by atoms with Crippen molar-refractivity contribution in [1.82, 2.24) is 10.2 Å². The molecule has 0 radical (unpaired) electrons. The van der Waals surface area contributed by atoms with Crippen LogP contribution in [0.5, 0.6) is 11.5 Å². The second-order valence-electron chi connectivity index (χ2n) is 8.88. The van der Waals surface area contributed by atoms with Gasteiger partial charge in [0.2, 0.25) is 21.8 Å². The van der Waals surface area contributed by atoms with E-state index < -0.39 is 28.5 Å². The molecular weight excluding hydrogens is 482 g/mol. The molecule has 198 valence electrons. The van der Waals surface area contributed by atoms with Crippen molar-refractivity contribution in [1.29, 1.82) is 0 Å². The van der Waals surface area contributed by atoms with E-state index in [0.29, 0.717) is 18.7 Å². The molecule has 0 aliphatic rings. The van der Waals surface area contributed by atoms with Gasteiger partial charge in [-0.05, 0) is 30.0 Å². The van der Waals surface area contributed by atoms with E-state index >= 15 is 0 Å². The summed E-state index contributed by atoms with van der Waals surface area (Å²) in [5.74, 6) is 0.130. The Morgan fingerprint density at radius 1 is 1.03 bits per heavy atom. The van der Waals surface area contributed by atoms with Crippen molar-refractivity contribution in [3.8, 4) is 11.5 Å². The maximum Gasteiger partial charge on any atom is 0.244 e. The molecular formula is C26H37N3O6S. The largest absolute Gasteiger partial charge is 0.497 e. The van der Waals surface area contributed by atoms with Gasteiger partial charge in [-0.2, -0.15) is 0 Å². The SMILES string of the molecule is CC[C@H](C(=O)NCC(C)C)N(Cc1ccccc1)C(=O)CN(c1cc(OC)ccc1OC)S(C)(=O)=O. The van der Waals surface area contributed by atoms with Gasteiger partial charge in [-0.1, -0.05) is 51.1 Å². The molecule has 1 atom stereocenters. The van der Waals surface area contributed by atoms with Crippen LogP contribution in [0.1, 0.15) is 32.8 Å². The van der Waals surface area contributed by atoms with Crippen molar-refractivity contribution >= 4 is 27.5 Å². The van der Waals surface area contributed by atoms with Crippen molar-refractivity contribution in [3.05, 3.63) is 54.1 Å². The van der Waals surface area contributed by atoms with Gasteiger partial charge in [0.15, 0.2) is 0 Å². The summed E-state index contributed by atoms with van der Waals surface area (Å²) in [4.78, 5) is 28.3. The Morgan fingerprint density at radius 3 is 2.22 bits per heavy atom. The van der Waals surface area contributed by atoms with Crippen molar-refractivity contribution in [3.63, 3.8) is 0 Å². The fourth-order valence-corrected chi connectivity index (χ4v) is 4.55. The number of carbonyl (C=O) groups is 2. The highest BCUT2D eigenvalue weighted by Crippen LogP contribution is 2.34. The van der Waals surface area contributed by atoms with Crippen LogP contribution in [0, 0.1) is 5.92 Å². The number of benzene rings is 2. The van der Waals surface area contributed by atoms with Crippen LogP contribution < -0.4 is 19.1 Å². The smallest absolute Gasteiger partial charge is 0.244 e. The Hall–Kier alpha value is -3.27. The molecule has 10 heteroatoms. The Labute approximate surface area is 214 Å². The molecule has 2 amide bonds. The molecule has 2 aromatic rings. The Morgan fingerprint density at radius 2 is 1.69 bits per heavy atom. The lowest BCUT2D eigenvalue weighted by atomic mass is 10.1. The Balaban J connectivity index is 2.48. The Kier molecular flexibility index (Phi) is 10.6. The third-order valence-corrected chi connectivity index (χ3v) is 6.73. The maximum absolute atomic E-state index is 13.7. The monoisotopic (exact) mass is 519 g/mol. The van der Waals surface area contributed by atoms with Gasteiger partial charge in [-0.25, -0.2) is 8.42 Å². The zero-order valence-corrected chi connectivity index (χ0v) is 22.7. The molecule has 0 aliphatic heterocycles. The first-order valence-corrected chi connectivity index (χ1v) is 13.7. The predicted molar refractivity (Wildman–Crippen MR) is 141 cm³/mol. The number of nitrogens with zero attached hydrogens (tertiary/aromatic N) is 2. The fourth-order valence-electron chi connectivity index (χ4n) is 3.71. The normalized spacial score (nSPS) is 12.1. The van der Waals surface area contributed by atoms with Crippen molar-refractivity contribution in [2.24, 2.45) is 5.92 Å². The second-order valence-corrected chi connectivity index (χ2v) is 10.8. The van der Waals surface area contributed by atoms with Gasteiger partial charge in [0, 0.05) is 19.2 Å². The van der Waals surface area contributed by atoms with Crippen LogP contribution in [-0.4, -0.2) is 64.7 Å². The number of carbonyl (C=O) groups excluding carboxylic acids is 2. The average molecular weight is 520 g/mol. The molecule has 0 bridgehead atoms. The third-order valence-electron chi connectivity index (χ3n) is 5.60. The predicted octanol–water partition coefficient (Wildman–Crippen LogP) is 3.05. The molecule has 0 fully saturated rings. The first-order valence-electron chi connectivity index (χ1n) is 11.8. The molecule has 0 unspecified atom stereocenters. The van der Waals surface area contributed by atoms with E-state index in [9.17, 15) is 18.0 Å². The lowest BCUT2D eigenvalue weighted by Crippen LogP contribution is -2.52. The summed E-state index contributed by atoms with van der Waals surface area (Å²) in [6.45, 7) is 5.91. The van der Waals surface area contributed by atoms with E-state index in [1.807, 2.05) is 51.1 Å². The molecule has 2 aromatic carbocycles. The van der Waals surface area contributed by atoms with Crippen LogP contribution in [0.2, 0.25) is 0 Å². The quantitative estimate of drug-likeness (QED) is 0.436. The minimum Gasteiger partial charge on any atom is -0.497 e. The summed E-state index contributed by atoms with van der Waals surface area (Å²) >= 11 is 0. The molecule has 0 heterocycles. The number of anilines is 1. The second kappa shape index (κ2) is 13.2. The van der Waals surface area contributed by atoms with Gasteiger partial charge in [-0.3, -0.25) is 13.9 Å². The third kappa shape index (κ3) is 7.87. The minimum atomic E-state index is -3.90. The molecule has 2 rings (SSSR count). The summed E-state index contributed by atoms with van der Waals surface area (Å²) in [6, 6.07) is 13.2. The van der Waals surface area contributed by atoms with Crippen LogP contribution in [0.15, 0.2) is 48.5 Å². The van der Waals surface area contributed by atoms with Crippen LogP contribution in [0.4, 0.5) is 5.69 Å². The van der Waals surface area contributed by atoms with Crippen molar-refractivity contribution in [2.45, 2.75) is 39.8 Å². The number of sulfonamides is 1. The molecule has 1 N–H and O–H groups in total. The van der Waals surface area contributed by atoms with Crippen LogP contribution >= 0.6 is 0 Å². The van der Waals surface area contributed by atoms with Crippen LogP contribution in [0.3, 0.4) is 0 Å². The highest BCUT2D eigenvalue weighted by atomic mass is 32.2.